The molecule has 0 saturated carbocycles. The average molecular weight is 434 g/mol. The molecule has 0 fully saturated rings. The van der Waals surface area contributed by atoms with E-state index in [0.717, 1.165) is 3.57 Å². The first kappa shape index (κ1) is 17.8. The lowest BCUT2D eigenvalue weighted by Crippen LogP contribution is -2.13. The molecule has 0 aliphatic rings. The van der Waals surface area contributed by atoms with Gasteiger partial charge in [0, 0.05) is 14.8 Å². The Morgan fingerprint density at radius 2 is 1.92 bits per heavy atom. The Hall–Kier alpha value is -2.53. The van der Waals surface area contributed by atoms with Gasteiger partial charge in [0.1, 0.15) is 11.6 Å². The largest absolute Gasteiger partial charge is 0.493 e. The van der Waals surface area contributed by atoms with Crippen LogP contribution in [0.15, 0.2) is 48.0 Å². The fraction of sp³-hybridized carbons (Fsp3) is 0.111. The number of ether oxygens (including phenoxy) is 2. The maximum absolute atomic E-state index is 12.3. The maximum atomic E-state index is 12.3. The molecule has 0 bridgehead atoms. The number of anilines is 1. The number of nitrogens with one attached hydrogen (secondary N) is 1. The zero-order valence-corrected chi connectivity index (χ0v) is 15.3. The molecule has 1 amide bonds. The van der Waals surface area contributed by atoms with E-state index in [9.17, 15) is 10.1 Å². The zero-order chi connectivity index (χ0) is 17.5. The Kier molecular flexibility index (Phi) is 6.21. The topological polar surface area (TPSA) is 71.3 Å². The lowest BCUT2D eigenvalue weighted by Gasteiger charge is -2.12. The molecule has 1 N–H and O–H groups in total. The van der Waals surface area contributed by atoms with Crippen LogP contribution in [0, 0.1) is 14.9 Å². The molecule has 0 aliphatic carbocycles. The second-order valence-electron chi connectivity index (χ2n) is 4.72. The fourth-order valence-corrected chi connectivity index (χ4v) is 2.71. The summed E-state index contributed by atoms with van der Waals surface area (Å²) in [6.45, 7) is 0. The van der Waals surface area contributed by atoms with Crippen molar-refractivity contribution in [3.63, 3.8) is 0 Å². The molecule has 122 valence electrons. The number of benzene rings is 2. The van der Waals surface area contributed by atoms with E-state index in [0.29, 0.717) is 22.7 Å². The minimum atomic E-state index is -0.483. The van der Waals surface area contributed by atoms with Crippen LogP contribution in [0.1, 0.15) is 5.56 Å². The van der Waals surface area contributed by atoms with Crippen molar-refractivity contribution in [1.82, 2.24) is 0 Å². The smallest absolute Gasteiger partial charge is 0.266 e. The van der Waals surface area contributed by atoms with E-state index in [1.165, 1.54) is 20.3 Å². The number of halogens is 1. The number of carbonyl (C=O) groups excluding carboxylic acids is 1. The predicted octanol–water partition coefficient (Wildman–Crippen LogP) is 3.85. The highest BCUT2D eigenvalue weighted by atomic mass is 127. The van der Waals surface area contributed by atoms with Crippen molar-refractivity contribution in [2.75, 3.05) is 19.5 Å². The number of hydrogen-bond donors (Lipinski definition) is 1. The van der Waals surface area contributed by atoms with Crippen molar-refractivity contribution < 1.29 is 14.3 Å². The summed E-state index contributed by atoms with van der Waals surface area (Å²) >= 11 is 2.13. The van der Waals surface area contributed by atoms with E-state index < -0.39 is 5.91 Å². The normalized spacial score (nSPS) is 10.7. The van der Waals surface area contributed by atoms with Crippen LogP contribution in [0.3, 0.4) is 0 Å². The van der Waals surface area contributed by atoms with Crippen LogP contribution >= 0.6 is 22.6 Å². The molecule has 24 heavy (non-hydrogen) atoms. The third-order valence-electron chi connectivity index (χ3n) is 3.17. The van der Waals surface area contributed by atoms with Gasteiger partial charge in [-0.3, -0.25) is 4.79 Å². The number of carbonyl (C=O) groups is 1. The predicted molar refractivity (Wildman–Crippen MR) is 101 cm³/mol. The number of nitriles is 1. The van der Waals surface area contributed by atoms with Gasteiger partial charge in [0.15, 0.2) is 11.5 Å². The monoisotopic (exact) mass is 434 g/mol. The van der Waals surface area contributed by atoms with Gasteiger partial charge in [-0.2, -0.15) is 5.26 Å². The second-order valence-corrected chi connectivity index (χ2v) is 5.97. The minimum absolute atomic E-state index is 0.0267. The summed E-state index contributed by atoms with van der Waals surface area (Å²) in [6.07, 6.45) is 1.49. The van der Waals surface area contributed by atoms with E-state index in [1.54, 1.807) is 24.3 Å². The lowest BCUT2D eigenvalue weighted by molar-refractivity contribution is -0.112. The Morgan fingerprint density at radius 1 is 1.21 bits per heavy atom. The third kappa shape index (κ3) is 4.26. The molecule has 0 heterocycles. The SMILES string of the molecule is COc1cc(I)cc(/C=C(/C#N)C(=O)Nc2ccccc2)c1OC. The first-order valence-corrected chi connectivity index (χ1v) is 8.06. The van der Waals surface area contributed by atoms with E-state index >= 15 is 0 Å². The molecule has 0 spiro atoms. The summed E-state index contributed by atoms with van der Waals surface area (Å²) in [5, 5.41) is 12.0. The van der Waals surface area contributed by atoms with Gasteiger partial charge in [-0.25, -0.2) is 0 Å². The van der Waals surface area contributed by atoms with Crippen LogP contribution in [0.5, 0.6) is 11.5 Å². The van der Waals surface area contributed by atoms with Gasteiger partial charge < -0.3 is 14.8 Å². The van der Waals surface area contributed by atoms with Gasteiger partial charge in [-0.1, -0.05) is 18.2 Å². The molecular formula is C18H15IN2O3. The summed E-state index contributed by atoms with van der Waals surface area (Å²) in [7, 11) is 3.05. The first-order valence-electron chi connectivity index (χ1n) is 6.98. The van der Waals surface area contributed by atoms with Crippen LogP contribution in [0.2, 0.25) is 0 Å². The Balaban J connectivity index is 2.39. The summed E-state index contributed by atoms with van der Waals surface area (Å²) in [6, 6.07) is 14.5. The van der Waals surface area contributed by atoms with Crippen LogP contribution in [-0.2, 0) is 4.79 Å². The van der Waals surface area contributed by atoms with Crippen molar-refractivity contribution in [1.29, 1.82) is 5.26 Å². The van der Waals surface area contributed by atoms with Gasteiger partial charge in [0.05, 0.1) is 14.2 Å². The number of methoxy groups -OCH3 is 2. The van der Waals surface area contributed by atoms with Crippen LogP contribution in [0.4, 0.5) is 5.69 Å². The molecule has 2 rings (SSSR count). The van der Waals surface area contributed by atoms with E-state index in [4.69, 9.17) is 9.47 Å². The molecule has 0 saturated heterocycles. The molecular weight excluding hydrogens is 419 g/mol. The standard InChI is InChI=1S/C18H15IN2O3/c1-23-16-10-14(19)9-12(17(16)24-2)8-13(11-20)18(22)21-15-6-4-3-5-7-15/h3-10H,1-2H3,(H,21,22)/b13-8-. The summed E-state index contributed by atoms with van der Waals surface area (Å²) in [4.78, 5) is 12.3. The van der Waals surface area contributed by atoms with Crippen LogP contribution < -0.4 is 14.8 Å². The molecule has 0 radical (unpaired) electrons. The van der Waals surface area contributed by atoms with Gasteiger partial charge in [-0.15, -0.1) is 0 Å². The molecule has 0 atom stereocenters. The molecule has 5 nitrogen and oxygen atoms in total. The first-order chi connectivity index (χ1) is 11.6. The second kappa shape index (κ2) is 8.36. The lowest BCUT2D eigenvalue weighted by atomic mass is 10.1. The van der Waals surface area contributed by atoms with Crippen molar-refractivity contribution in [2.24, 2.45) is 0 Å². The quantitative estimate of drug-likeness (QED) is 0.441. The van der Waals surface area contributed by atoms with Gasteiger partial charge in [0.25, 0.3) is 5.91 Å². The highest BCUT2D eigenvalue weighted by Gasteiger charge is 2.14. The van der Waals surface area contributed by atoms with Crippen LogP contribution in [0.25, 0.3) is 6.08 Å². The summed E-state index contributed by atoms with van der Waals surface area (Å²) < 4.78 is 11.5. The summed E-state index contributed by atoms with van der Waals surface area (Å²) in [5.74, 6) is 0.526. The highest BCUT2D eigenvalue weighted by Crippen LogP contribution is 2.34. The van der Waals surface area contributed by atoms with Crippen molar-refractivity contribution in [3.05, 3.63) is 57.2 Å². The van der Waals surface area contributed by atoms with Gasteiger partial charge in [0.2, 0.25) is 0 Å². The minimum Gasteiger partial charge on any atom is -0.493 e. The number of nitrogens with zero attached hydrogens (tertiary/aromatic N) is 1. The highest BCUT2D eigenvalue weighted by molar-refractivity contribution is 14.1. The molecule has 0 unspecified atom stereocenters. The number of amides is 1. The fourth-order valence-electron chi connectivity index (χ4n) is 2.09. The molecule has 2 aromatic carbocycles. The van der Waals surface area contributed by atoms with Crippen molar-refractivity contribution >= 4 is 40.3 Å². The third-order valence-corrected chi connectivity index (χ3v) is 3.79. The number of para-hydroxylation sites is 1. The molecule has 0 aliphatic heterocycles. The Bertz CT molecular complexity index is 811. The Labute approximate surface area is 154 Å². The number of hydrogen-bond acceptors (Lipinski definition) is 4. The zero-order valence-electron chi connectivity index (χ0n) is 13.2. The maximum Gasteiger partial charge on any atom is 0.266 e. The average Bonchev–Trinajstić information content (AvgIpc) is 2.59. The number of rotatable bonds is 5. The van der Waals surface area contributed by atoms with Crippen molar-refractivity contribution in [2.45, 2.75) is 0 Å². The molecule has 0 aromatic heterocycles. The van der Waals surface area contributed by atoms with E-state index in [1.807, 2.05) is 24.3 Å². The Morgan fingerprint density at radius 3 is 2.50 bits per heavy atom. The van der Waals surface area contributed by atoms with Gasteiger partial charge in [-0.05, 0) is 52.9 Å². The van der Waals surface area contributed by atoms with E-state index in [-0.39, 0.29) is 5.57 Å². The van der Waals surface area contributed by atoms with Crippen LogP contribution in [-0.4, -0.2) is 20.1 Å². The molecule has 6 heteroatoms. The summed E-state index contributed by atoms with van der Waals surface area (Å²) in [5.41, 5.74) is 1.19. The van der Waals surface area contributed by atoms with E-state index in [2.05, 4.69) is 27.9 Å². The van der Waals surface area contributed by atoms with Gasteiger partial charge >= 0.3 is 0 Å². The molecule has 2 aromatic rings. The van der Waals surface area contributed by atoms with Crippen molar-refractivity contribution in [3.8, 4) is 17.6 Å².